The van der Waals surface area contributed by atoms with Gasteiger partial charge in [-0.3, -0.25) is 4.79 Å². The quantitative estimate of drug-likeness (QED) is 0.568. The summed E-state index contributed by atoms with van der Waals surface area (Å²) in [5, 5.41) is 3.61. The maximum atomic E-state index is 13.4. The lowest BCUT2D eigenvalue weighted by molar-refractivity contribution is -0.121. The number of hydrogen-bond donors (Lipinski definition) is 1. The molecule has 0 radical (unpaired) electrons. The molecule has 2 aromatic carbocycles. The van der Waals surface area contributed by atoms with Crippen LogP contribution in [-0.2, 0) is 14.9 Å². The number of hydrogen-bond acceptors (Lipinski definition) is 4. The summed E-state index contributed by atoms with van der Waals surface area (Å²) in [6.07, 6.45) is 3.31. The number of carbonyl (C=O) groups is 2. The minimum absolute atomic E-state index is 0.0967. The van der Waals surface area contributed by atoms with E-state index in [1.165, 1.54) is 0 Å². The summed E-state index contributed by atoms with van der Waals surface area (Å²) in [6.45, 7) is 5.78. The molecule has 3 rings (SSSR count). The van der Waals surface area contributed by atoms with E-state index in [9.17, 15) is 9.59 Å². The third kappa shape index (κ3) is 4.62. The summed E-state index contributed by atoms with van der Waals surface area (Å²) < 4.78 is 10.9. The van der Waals surface area contributed by atoms with Crippen LogP contribution in [0.5, 0.6) is 5.75 Å². The fourth-order valence-electron chi connectivity index (χ4n) is 4.03. The summed E-state index contributed by atoms with van der Waals surface area (Å²) in [5.74, 6) is -0.158. The lowest BCUT2D eigenvalue weighted by Crippen LogP contribution is -2.38. The molecule has 0 spiro atoms. The highest BCUT2D eigenvalue weighted by Gasteiger charge is 2.44. The molecule has 0 heterocycles. The van der Waals surface area contributed by atoms with Gasteiger partial charge in [-0.05, 0) is 63.4 Å². The Kier molecular flexibility index (Phi) is 7.03. The zero-order valence-corrected chi connectivity index (χ0v) is 18.4. The molecule has 30 heavy (non-hydrogen) atoms. The normalized spacial score (nSPS) is 15.1. The van der Waals surface area contributed by atoms with Crippen molar-refractivity contribution in [2.75, 3.05) is 11.9 Å². The summed E-state index contributed by atoms with van der Waals surface area (Å²) >= 11 is 6.45. The van der Waals surface area contributed by atoms with Crippen LogP contribution in [0.2, 0.25) is 5.02 Å². The van der Waals surface area contributed by atoms with Gasteiger partial charge in [-0.2, -0.15) is 0 Å². The summed E-state index contributed by atoms with van der Waals surface area (Å²) in [7, 11) is 0. The zero-order chi connectivity index (χ0) is 21.7. The largest absolute Gasteiger partial charge is 0.490 e. The first-order valence-corrected chi connectivity index (χ1v) is 10.8. The molecule has 0 unspecified atom stereocenters. The van der Waals surface area contributed by atoms with Crippen molar-refractivity contribution in [3.63, 3.8) is 0 Å². The second-order valence-electron chi connectivity index (χ2n) is 7.82. The number of rotatable bonds is 7. The van der Waals surface area contributed by atoms with Gasteiger partial charge in [0, 0.05) is 10.7 Å². The van der Waals surface area contributed by atoms with Gasteiger partial charge in [-0.15, -0.1) is 0 Å². The van der Waals surface area contributed by atoms with E-state index in [4.69, 9.17) is 21.1 Å². The Morgan fingerprint density at radius 2 is 1.83 bits per heavy atom. The second-order valence-corrected chi connectivity index (χ2v) is 8.23. The van der Waals surface area contributed by atoms with Gasteiger partial charge in [0.1, 0.15) is 11.3 Å². The van der Waals surface area contributed by atoms with Gasteiger partial charge >= 0.3 is 5.97 Å². The highest BCUT2D eigenvalue weighted by molar-refractivity contribution is 6.32. The number of carbonyl (C=O) groups excluding carboxylic acids is 2. The van der Waals surface area contributed by atoms with Crippen molar-refractivity contribution in [1.29, 1.82) is 0 Å². The van der Waals surface area contributed by atoms with Crippen LogP contribution in [0.25, 0.3) is 0 Å². The minimum Gasteiger partial charge on any atom is -0.490 e. The van der Waals surface area contributed by atoms with Gasteiger partial charge in [-0.25, -0.2) is 4.79 Å². The smallest absolute Gasteiger partial charge is 0.341 e. The van der Waals surface area contributed by atoms with Crippen molar-refractivity contribution in [1.82, 2.24) is 0 Å². The van der Waals surface area contributed by atoms with E-state index in [2.05, 4.69) is 5.32 Å². The number of halogens is 1. The number of nitrogens with one attached hydrogen (secondary N) is 1. The Morgan fingerprint density at radius 1 is 1.13 bits per heavy atom. The van der Waals surface area contributed by atoms with Crippen LogP contribution in [0, 0.1) is 0 Å². The monoisotopic (exact) mass is 429 g/mol. The molecule has 1 fully saturated rings. The van der Waals surface area contributed by atoms with Crippen LogP contribution in [0.3, 0.4) is 0 Å². The zero-order valence-electron chi connectivity index (χ0n) is 17.7. The van der Waals surface area contributed by atoms with E-state index in [-0.39, 0.29) is 18.6 Å². The van der Waals surface area contributed by atoms with Gasteiger partial charge < -0.3 is 14.8 Å². The molecule has 0 atom stereocenters. The van der Waals surface area contributed by atoms with Gasteiger partial charge in [0.05, 0.1) is 18.1 Å². The van der Waals surface area contributed by atoms with Crippen molar-refractivity contribution in [3.05, 3.63) is 58.6 Å². The standard InChI is InChI=1S/C24H28ClNO4/c1-4-29-22(27)18-15-17(11-12-21(18)30-16(2)3)26-23(28)24(13-7-8-14-24)19-9-5-6-10-20(19)25/h5-6,9-12,15-16H,4,7-8,13-14H2,1-3H3,(H,26,28). The number of ether oxygens (including phenoxy) is 2. The minimum atomic E-state index is -0.671. The third-order valence-electron chi connectivity index (χ3n) is 5.38. The second kappa shape index (κ2) is 9.52. The van der Waals surface area contributed by atoms with Crippen molar-refractivity contribution < 1.29 is 19.1 Å². The SMILES string of the molecule is CCOC(=O)c1cc(NC(=O)C2(c3ccccc3Cl)CCCC2)ccc1OC(C)C. The van der Waals surface area contributed by atoms with Crippen LogP contribution in [0.4, 0.5) is 5.69 Å². The van der Waals surface area contributed by atoms with Crippen LogP contribution in [-0.4, -0.2) is 24.6 Å². The van der Waals surface area contributed by atoms with Gasteiger partial charge in [0.2, 0.25) is 5.91 Å². The van der Waals surface area contributed by atoms with Crippen LogP contribution >= 0.6 is 11.6 Å². The molecule has 0 aromatic heterocycles. The fraction of sp³-hybridized carbons (Fsp3) is 0.417. The van der Waals surface area contributed by atoms with Crippen LogP contribution < -0.4 is 10.1 Å². The van der Waals surface area contributed by atoms with Crippen LogP contribution in [0.15, 0.2) is 42.5 Å². The fourth-order valence-corrected chi connectivity index (χ4v) is 4.35. The van der Waals surface area contributed by atoms with Crippen molar-refractivity contribution in [2.45, 2.75) is 58.0 Å². The molecule has 5 nitrogen and oxygen atoms in total. The summed E-state index contributed by atoms with van der Waals surface area (Å²) in [5.41, 5.74) is 1.00. The average Bonchev–Trinajstić information content (AvgIpc) is 3.20. The van der Waals surface area contributed by atoms with E-state index in [1.807, 2.05) is 38.1 Å². The molecule has 1 aliphatic carbocycles. The first-order valence-electron chi connectivity index (χ1n) is 10.4. The molecule has 1 aliphatic rings. The highest BCUT2D eigenvalue weighted by atomic mass is 35.5. The number of anilines is 1. The van der Waals surface area contributed by atoms with Crippen molar-refractivity contribution >= 4 is 29.2 Å². The molecule has 160 valence electrons. The molecule has 0 bridgehead atoms. The van der Waals surface area contributed by atoms with E-state index in [0.29, 0.717) is 22.0 Å². The van der Waals surface area contributed by atoms with Crippen molar-refractivity contribution in [2.24, 2.45) is 0 Å². The Hall–Kier alpha value is -2.53. The van der Waals surface area contributed by atoms with Crippen LogP contribution in [0.1, 0.15) is 62.4 Å². The van der Waals surface area contributed by atoms with Crippen molar-refractivity contribution in [3.8, 4) is 5.75 Å². The number of benzene rings is 2. The molecule has 0 aliphatic heterocycles. The van der Waals surface area contributed by atoms with E-state index in [0.717, 1.165) is 31.2 Å². The Balaban J connectivity index is 1.92. The predicted molar refractivity (Wildman–Crippen MR) is 118 cm³/mol. The molecule has 2 aromatic rings. The molecular formula is C24H28ClNO4. The maximum absolute atomic E-state index is 13.4. The third-order valence-corrected chi connectivity index (χ3v) is 5.71. The van der Waals surface area contributed by atoms with E-state index >= 15 is 0 Å². The Labute approximate surface area is 182 Å². The first-order chi connectivity index (χ1) is 14.4. The van der Waals surface area contributed by atoms with Gasteiger partial charge in [0.15, 0.2) is 0 Å². The lowest BCUT2D eigenvalue weighted by atomic mass is 9.78. The van der Waals surface area contributed by atoms with Gasteiger partial charge in [-0.1, -0.05) is 42.6 Å². The molecule has 0 saturated heterocycles. The molecule has 1 N–H and O–H groups in total. The highest BCUT2D eigenvalue weighted by Crippen LogP contribution is 2.44. The molecule has 1 amide bonds. The predicted octanol–water partition coefficient (Wildman–Crippen LogP) is 5.75. The Bertz CT molecular complexity index is 919. The molecular weight excluding hydrogens is 402 g/mol. The molecule has 6 heteroatoms. The first kappa shape index (κ1) is 22.2. The summed E-state index contributed by atoms with van der Waals surface area (Å²) in [6, 6.07) is 12.6. The number of amides is 1. The maximum Gasteiger partial charge on any atom is 0.341 e. The van der Waals surface area contributed by atoms with E-state index in [1.54, 1.807) is 25.1 Å². The van der Waals surface area contributed by atoms with Gasteiger partial charge in [0.25, 0.3) is 0 Å². The molecule has 1 saturated carbocycles. The Morgan fingerprint density at radius 3 is 2.47 bits per heavy atom. The lowest BCUT2D eigenvalue weighted by Gasteiger charge is -2.29. The average molecular weight is 430 g/mol. The summed E-state index contributed by atoms with van der Waals surface area (Å²) in [4.78, 5) is 25.9. The topological polar surface area (TPSA) is 64.6 Å². The number of esters is 1. The van der Waals surface area contributed by atoms with E-state index < -0.39 is 11.4 Å².